The van der Waals surface area contributed by atoms with E-state index in [0.717, 1.165) is 5.56 Å². The van der Waals surface area contributed by atoms with Gasteiger partial charge in [0.2, 0.25) is 0 Å². The number of benzene rings is 1. The highest BCUT2D eigenvalue weighted by Crippen LogP contribution is 2.19. The fourth-order valence-electron chi connectivity index (χ4n) is 1.32. The van der Waals surface area contributed by atoms with Crippen molar-refractivity contribution in [1.29, 1.82) is 0 Å². The highest BCUT2D eigenvalue weighted by molar-refractivity contribution is 6.35. The lowest BCUT2D eigenvalue weighted by molar-refractivity contribution is 0.460. The number of hydrogen-bond acceptors (Lipinski definition) is 3. The van der Waals surface area contributed by atoms with Crippen molar-refractivity contribution in [3.63, 3.8) is 0 Å². The normalized spacial score (nSPS) is 10.7. The minimum absolute atomic E-state index is 0.205. The van der Waals surface area contributed by atoms with E-state index < -0.39 is 11.4 Å². The van der Waals surface area contributed by atoms with Gasteiger partial charge in [0, 0.05) is 0 Å². The number of aromatic amines is 1. The van der Waals surface area contributed by atoms with Gasteiger partial charge in [-0.1, -0.05) is 11.6 Å². The highest BCUT2D eigenvalue weighted by atomic mass is 35.5. The predicted octanol–water partition coefficient (Wildman–Crippen LogP) is 1.44. The minimum atomic E-state index is -0.774. The zero-order valence-corrected chi connectivity index (χ0v) is 8.01. The van der Waals surface area contributed by atoms with Crippen molar-refractivity contribution < 1.29 is 4.42 Å². The van der Waals surface area contributed by atoms with Crippen molar-refractivity contribution in [3.05, 3.63) is 43.7 Å². The van der Waals surface area contributed by atoms with Gasteiger partial charge in [0.25, 0.3) is 0 Å². The number of hydrogen-bond donors (Lipinski definition) is 1. The molecule has 0 atom stereocenters. The maximum absolute atomic E-state index is 11.3. The van der Waals surface area contributed by atoms with Crippen LogP contribution in [0.1, 0.15) is 5.56 Å². The number of H-pyrrole nitrogens is 1. The van der Waals surface area contributed by atoms with E-state index in [2.05, 4.69) is 9.40 Å². The van der Waals surface area contributed by atoms with Gasteiger partial charge in [0.05, 0.1) is 10.5 Å². The predicted molar refractivity (Wildman–Crippen MR) is 52.9 cm³/mol. The molecule has 0 fully saturated rings. The molecule has 14 heavy (non-hydrogen) atoms. The molecule has 1 N–H and O–H groups in total. The lowest BCUT2D eigenvalue weighted by atomic mass is 10.2. The summed E-state index contributed by atoms with van der Waals surface area (Å²) in [5.74, 6) is -0.774. The highest BCUT2D eigenvalue weighted by Gasteiger charge is 2.07. The van der Waals surface area contributed by atoms with Crippen molar-refractivity contribution in [1.82, 2.24) is 4.98 Å². The van der Waals surface area contributed by atoms with E-state index in [-0.39, 0.29) is 10.4 Å². The molecular formula is C9H6ClNO3. The lowest BCUT2D eigenvalue weighted by Gasteiger charge is -1.99. The monoisotopic (exact) mass is 211 g/mol. The Morgan fingerprint density at radius 1 is 1.36 bits per heavy atom. The van der Waals surface area contributed by atoms with Crippen LogP contribution in [0.4, 0.5) is 0 Å². The molecule has 0 saturated carbocycles. The molecule has 0 aliphatic carbocycles. The number of nitrogens with one attached hydrogen (secondary N) is 1. The molecule has 5 heteroatoms. The average molecular weight is 212 g/mol. The molecule has 0 unspecified atom stereocenters. The Labute approximate surface area is 83.1 Å². The van der Waals surface area contributed by atoms with E-state index in [1.165, 1.54) is 0 Å². The first-order chi connectivity index (χ1) is 6.58. The van der Waals surface area contributed by atoms with Gasteiger partial charge in [-0.05, 0) is 24.6 Å². The zero-order valence-electron chi connectivity index (χ0n) is 7.26. The standard InChI is InChI=1S/C9H6ClNO3/c1-4-2-5(10)7-6(3-4)11-9(13)14-8(7)12/h2-3H,1H3,(H,11,13). The Balaban J connectivity index is 3.10. The van der Waals surface area contributed by atoms with E-state index in [9.17, 15) is 9.59 Å². The molecule has 0 spiro atoms. The summed E-state index contributed by atoms with van der Waals surface area (Å²) in [6.07, 6.45) is 0. The molecule has 1 heterocycles. The maximum atomic E-state index is 11.3. The Hall–Kier alpha value is -1.55. The van der Waals surface area contributed by atoms with Gasteiger partial charge in [0.15, 0.2) is 0 Å². The number of halogens is 1. The van der Waals surface area contributed by atoms with Crippen molar-refractivity contribution in [2.75, 3.05) is 0 Å². The SMILES string of the molecule is Cc1cc(Cl)c2c(=O)oc(=O)[nH]c2c1. The van der Waals surface area contributed by atoms with Gasteiger partial charge in [-0.25, -0.2) is 9.59 Å². The maximum Gasteiger partial charge on any atom is 0.419 e. The van der Waals surface area contributed by atoms with Crippen LogP contribution in [0.2, 0.25) is 5.02 Å². The van der Waals surface area contributed by atoms with Crippen LogP contribution >= 0.6 is 11.6 Å². The summed E-state index contributed by atoms with van der Waals surface area (Å²) in [6, 6.07) is 3.30. The second-order valence-electron chi connectivity index (χ2n) is 2.97. The van der Waals surface area contributed by atoms with E-state index in [0.29, 0.717) is 5.52 Å². The van der Waals surface area contributed by atoms with Crippen LogP contribution in [0.25, 0.3) is 10.9 Å². The second kappa shape index (κ2) is 2.99. The summed E-state index contributed by atoms with van der Waals surface area (Å²) in [5.41, 5.74) is 0.550. The molecule has 0 aliphatic heterocycles. The van der Waals surface area contributed by atoms with Crippen LogP contribution in [-0.2, 0) is 0 Å². The summed E-state index contributed by atoms with van der Waals surface area (Å²) in [6.45, 7) is 1.82. The Morgan fingerprint density at radius 3 is 2.79 bits per heavy atom. The Bertz CT molecular complexity index is 611. The number of aryl methyl sites for hydroxylation is 1. The molecule has 72 valence electrons. The van der Waals surface area contributed by atoms with Gasteiger partial charge in [0.1, 0.15) is 5.39 Å². The summed E-state index contributed by atoms with van der Waals surface area (Å²) in [7, 11) is 0. The fourth-order valence-corrected chi connectivity index (χ4v) is 1.67. The molecule has 0 amide bonds. The molecule has 4 nitrogen and oxygen atoms in total. The minimum Gasteiger partial charge on any atom is -0.372 e. The van der Waals surface area contributed by atoms with E-state index in [1.807, 2.05) is 6.92 Å². The van der Waals surface area contributed by atoms with E-state index in [1.54, 1.807) is 12.1 Å². The van der Waals surface area contributed by atoms with Gasteiger partial charge in [-0.15, -0.1) is 0 Å². The first-order valence-corrected chi connectivity index (χ1v) is 4.29. The molecule has 0 bridgehead atoms. The number of fused-ring (bicyclic) bond motifs is 1. The molecule has 2 aromatic rings. The van der Waals surface area contributed by atoms with Gasteiger partial charge < -0.3 is 4.42 Å². The van der Waals surface area contributed by atoms with Crippen molar-refractivity contribution in [2.45, 2.75) is 6.92 Å². The second-order valence-corrected chi connectivity index (χ2v) is 3.38. The molecular weight excluding hydrogens is 206 g/mol. The fraction of sp³-hybridized carbons (Fsp3) is 0.111. The van der Waals surface area contributed by atoms with Gasteiger partial charge in [-0.2, -0.15) is 0 Å². The first-order valence-electron chi connectivity index (χ1n) is 3.91. The molecule has 0 saturated heterocycles. The van der Waals surface area contributed by atoms with Crippen LogP contribution in [0.5, 0.6) is 0 Å². The van der Waals surface area contributed by atoms with Crippen LogP contribution in [0.3, 0.4) is 0 Å². The van der Waals surface area contributed by atoms with Crippen molar-refractivity contribution in [3.8, 4) is 0 Å². The van der Waals surface area contributed by atoms with Crippen LogP contribution in [0.15, 0.2) is 26.1 Å². The van der Waals surface area contributed by atoms with Crippen molar-refractivity contribution >= 4 is 22.5 Å². The third-order valence-corrected chi connectivity index (χ3v) is 2.16. The topological polar surface area (TPSA) is 63.1 Å². The summed E-state index contributed by atoms with van der Waals surface area (Å²) in [5, 5.41) is 0.488. The molecule has 1 aromatic carbocycles. The average Bonchev–Trinajstić information content (AvgIpc) is 1.99. The largest absolute Gasteiger partial charge is 0.419 e. The third-order valence-electron chi connectivity index (χ3n) is 1.86. The van der Waals surface area contributed by atoms with E-state index in [4.69, 9.17) is 11.6 Å². The van der Waals surface area contributed by atoms with Gasteiger partial charge in [-0.3, -0.25) is 4.98 Å². The summed E-state index contributed by atoms with van der Waals surface area (Å²) >= 11 is 5.84. The molecule has 0 aliphatic rings. The van der Waals surface area contributed by atoms with Gasteiger partial charge >= 0.3 is 11.4 Å². The van der Waals surface area contributed by atoms with Crippen LogP contribution < -0.4 is 11.4 Å². The summed E-state index contributed by atoms with van der Waals surface area (Å²) in [4.78, 5) is 24.5. The molecule has 0 radical (unpaired) electrons. The van der Waals surface area contributed by atoms with Crippen LogP contribution in [0, 0.1) is 6.92 Å². The smallest absolute Gasteiger partial charge is 0.372 e. The van der Waals surface area contributed by atoms with E-state index >= 15 is 0 Å². The lowest BCUT2D eigenvalue weighted by Crippen LogP contribution is -2.14. The first kappa shape index (κ1) is 9.02. The molecule has 2 rings (SSSR count). The van der Waals surface area contributed by atoms with Crippen LogP contribution in [-0.4, -0.2) is 4.98 Å². The summed E-state index contributed by atoms with van der Waals surface area (Å²) < 4.78 is 4.36. The Kier molecular flexibility index (Phi) is 1.93. The third kappa shape index (κ3) is 1.33. The van der Waals surface area contributed by atoms with Crippen molar-refractivity contribution in [2.24, 2.45) is 0 Å². The number of rotatable bonds is 0. The Morgan fingerprint density at radius 2 is 2.07 bits per heavy atom. The zero-order chi connectivity index (χ0) is 10.3. The quantitative estimate of drug-likeness (QED) is 0.717. The molecule has 1 aromatic heterocycles. The number of aromatic nitrogens is 1.